The lowest BCUT2D eigenvalue weighted by Gasteiger charge is -2.23. The molecule has 0 spiro atoms. The number of carbonyl (C=O) groups is 1. The first-order valence-corrected chi connectivity index (χ1v) is 7.81. The molecule has 1 N–H and O–H groups in total. The minimum atomic E-state index is 0.188. The highest BCUT2D eigenvalue weighted by Crippen LogP contribution is 2.32. The summed E-state index contributed by atoms with van der Waals surface area (Å²) in [5.41, 5.74) is 3.21. The van der Waals surface area contributed by atoms with Gasteiger partial charge in [-0.3, -0.25) is 4.79 Å². The molecular weight excluding hydrogens is 326 g/mol. The highest BCUT2D eigenvalue weighted by atomic mass is 79.9. The van der Waals surface area contributed by atoms with E-state index in [1.807, 2.05) is 42.5 Å². The smallest absolute Gasteiger partial charge is 0.158 e. The number of ketones is 1. The van der Waals surface area contributed by atoms with E-state index in [4.69, 9.17) is 0 Å². The van der Waals surface area contributed by atoms with Gasteiger partial charge in [-0.2, -0.15) is 0 Å². The van der Waals surface area contributed by atoms with Gasteiger partial charge in [0.25, 0.3) is 0 Å². The molecular formula is C18H16BrNO. The Morgan fingerprint density at radius 2 is 1.81 bits per heavy atom. The lowest BCUT2D eigenvalue weighted by atomic mass is 9.85. The van der Waals surface area contributed by atoms with Crippen molar-refractivity contribution in [1.82, 2.24) is 0 Å². The van der Waals surface area contributed by atoms with Crippen LogP contribution in [-0.2, 0) is 4.79 Å². The quantitative estimate of drug-likeness (QED) is 0.860. The highest BCUT2D eigenvalue weighted by Gasteiger charge is 2.22. The van der Waals surface area contributed by atoms with E-state index in [2.05, 4.69) is 33.4 Å². The fourth-order valence-corrected chi connectivity index (χ4v) is 3.09. The van der Waals surface area contributed by atoms with Crippen molar-refractivity contribution in [2.45, 2.75) is 18.8 Å². The first-order chi connectivity index (χ1) is 10.2. The average molecular weight is 342 g/mol. The molecule has 0 aromatic heterocycles. The van der Waals surface area contributed by atoms with Gasteiger partial charge in [0.1, 0.15) is 0 Å². The summed E-state index contributed by atoms with van der Waals surface area (Å²) in [4.78, 5) is 12.0. The number of halogens is 1. The van der Waals surface area contributed by atoms with Gasteiger partial charge in [0.05, 0.1) is 0 Å². The monoisotopic (exact) mass is 341 g/mol. The zero-order valence-electron chi connectivity index (χ0n) is 11.6. The largest absolute Gasteiger partial charge is 0.359 e. The van der Waals surface area contributed by atoms with Gasteiger partial charge in [-0.15, -0.1) is 0 Å². The van der Waals surface area contributed by atoms with E-state index in [9.17, 15) is 4.79 Å². The van der Waals surface area contributed by atoms with E-state index in [1.54, 1.807) is 6.08 Å². The summed E-state index contributed by atoms with van der Waals surface area (Å²) in [6, 6.07) is 18.2. The van der Waals surface area contributed by atoms with Crippen LogP contribution in [0.2, 0.25) is 0 Å². The molecule has 0 radical (unpaired) electrons. The third-order valence-electron chi connectivity index (χ3n) is 3.65. The van der Waals surface area contributed by atoms with Gasteiger partial charge >= 0.3 is 0 Å². The molecule has 0 saturated heterocycles. The van der Waals surface area contributed by atoms with Gasteiger partial charge in [-0.1, -0.05) is 52.3 Å². The summed E-state index contributed by atoms with van der Waals surface area (Å²) < 4.78 is 1.02. The van der Waals surface area contributed by atoms with Crippen molar-refractivity contribution in [3.8, 4) is 0 Å². The first kappa shape index (κ1) is 14.1. The third kappa shape index (κ3) is 3.61. The molecule has 2 nitrogen and oxygen atoms in total. The molecule has 0 unspecified atom stereocenters. The first-order valence-electron chi connectivity index (χ1n) is 7.01. The Morgan fingerprint density at radius 3 is 2.57 bits per heavy atom. The van der Waals surface area contributed by atoms with Crippen molar-refractivity contribution in [3.63, 3.8) is 0 Å². The van der Waals surface area contributed by atoms with Gasteiger partial charge in [0, 0.05) is 28.4 Å². The Bertz CT molecular complexity index is 679. The molecule has 1 atom stereocenters. The van der Waals surface area contributed by atoms with E-state index in [-0.39, 0.29) is 11.7 Å². The molecule has 0 aliphatic heterocycles. The summed E-state index contributed by atoms with van der Waals surface area (Å²) >= 11 is 3.46. The predicted octanol–water partition coefficient (Wildman–Crippen LogP) is 4.89. The Labute approximate surface area is 133 Å². The van der Waals surface area contributed by atoms with Crippen LogP contribution in [-0.4, -0.2) is 5.78 Å². The van der Waals surface area contributed by atoms with Gasteiger partial charge in [-0.05, 0) is 36.1 Å². The fraction of sp³-hybridized carbons (Fsp3) is 0.167. The number of hydrogen-bond donors (Lipinski definition) is 1. The van der Waals surface area contributed by atoms with Crippen molar-refractivity contribution >= 4 is 27.4 Å². The SMILES string of the molecule is O=C1C=C(Nc2cccc(Br)c2)C[C@H](c2ccccc2)C1. The molecule has 3 rings (SSSR count). The third-order valence-corrected chi connectivity index (χ3v) is 4.14. The van der Waals surface area contributed by atoms with Crippen LogP contribution in [0.3, 0.4) is 0 Å². The summed E-state index contributed by atoms with van der Waals surface area (Å²) in [5.74, 6) is 0.450. The minimum absolute atomic E-state index is 0.188. The van der Waals surface area contributed by atoms with Crippen LogP contribution >= 0.6 is 15.9 Å². The number of hydrogen-bond acceptors (Lipinski definition) is 2. The molecule has 1 aliphatic carbocycles. The molecule has 106 valence electrons. The van der Waals surface area contributed by atoms with Crippen LogP contribution < -0.4 is 5.32 Å². The number of benzene rings is 2. The van der Waals surface area contributed by atoms with Crippen LogP contribution in [0.4, 0.5) is 5.69 Å². The molecule has 0 fully saturated rings. The van der Waals surface area contributed by atoms with Crippen molar-refractivity contribution < 1.29 is 4.79 Å². The van der Waals surface area contributed by atoms with E-state index in [1.165, 1.54) is 5.56 Å². The zero-order chi connectivity index (χ0) is 14.7. The van der Waals surface area contributed by atoms with Crippen LogP contribution in [0.1, 0.15) is 24.3 Å². The molecule has 3 heteroatoms. The molecule has 21 heavy (non-hydrogen) atoms. The van der Waals surface area contributed by atoms with Crippen LogP contribution in [0.15, 0.2) is 70.8 Å². The van der Waals surface area contributed by atoms with Gasteiger partial charge in [0.2, 0.25) is 0 Å². The van der Waals surface area contributed by atoms with Crippen LogP contribution in [0.5, 0.6) is 0 Å². The van der Waals surface area contributed by atoms with Crippen molar-refractivity contribution in [2.75, 3.05) is 5.32 Å². The van der Waals surface area contributed by atoms with E-state index < -0.39 is 0 Å². The number of anilines is 1. The van der Waals surface area contributed by atoms with Crippen molar-refractivity contribution in [3.05, 3.63) is 76.4 Å². The summed E-state index contributed by atoms with van der Waals surface area (Å²) in [5, 5.41) is 3.36. The number of rotatable bonds is 3. The van der Waals surface area contributed by atoms with Gasteiger partial charge < -0.3 is 5.32 Å². The molecule has 0 bridgehead atoms. The van der Waals surface area contributed by atoms with Crippen molar-refractivity contribution in [1.29, 1.82) is 0 Å². The molecule has 2 aromatic carbocycles. The lowest BCUT2D eigenvalue weighted by molar-refractivity contribution is -0.115. The molecule has 0 heterocycles. The summed E-state index contributed by atoms with van der Waals surface area (Å²) in [6.45, 7) is 0. The summed E-state index contributed by atoms with van der Waals surface area (Å²) in [6.07, 6.45) is 3.19. The minimum Gasteiger partial charge on any atom is -0.359 e. The Hall–Kier alpha value is -1.87. The second kappa shape index (κ2) is 6.27. The second-order valence-corrected chi connectivity index (χ2v) is 6.20. The van der Waals surface area contributed by atoms with E-state index in [0.29, 0.717) is 6.42 Å². The zero-order valence-corrected chi connectivity index (χ0v) is 13.1. The molecule has 1 aliphatic rings. The highest BCUT2D eigenvalue weighted by molar-refractivity contribution is 9.10. The van der Waals surface area contributed by atoms with E-state index >= 15 is 0 Å². The van der Waals surface area contributed by atoms with Crippen molar-refractivity contribution in [2.24, 2.45) is 0 Å². The Balaban J connectivity index is 1.78. The van der Waals surface area contributed by atoms with Crippen LogP contribution in [0, 0.1) is 0 Å². The fourth-order valence-electron chi connectivity index (χ4n) is 2.69. The predicted molar refractivity (Wildman–Crippen MR) is 89.3 cm³/mol. The topological polar surface area (TPSA) is 29.1 Å². The molecule has 2 aromatic rings. The normalized spacial score (nSPS) is 18.2. The lowest BCUT2D eigenvalue weighted by Crippen LogP contribution is -2.16. The van der Waals surface area contributed by atoms with Gasteiger partial charge in [-0.25, -0.2) is 0 Å². The van der Waals surface area contributed by atoms with Gasteiger partial charge in [0.15, 0.2) is 5.78 Å². The average Bonchev–Trinajstić information content (AvgIpc) is 2.47. The number of carbonyl (C=O) groups excluding carboxylic acids is 1. The molecule has 0 saturated carbocycles. The Kier molecular flexibility index (Phi) is 4.20. The maximum Gasteiger partial charge on any atom is 0.158 e. The second-order valence-electron chi connectivity index (χ2n) is 5.29. The summed E-state index contributed by atoms with van der Waals surface area (Å²) in [7, 11) is 0. The maximum atomic E-state index is 12.0. The number of allylic oxidation sites excluding steroid dienone is 2. The molecule has 0 amide bonds. The maximum absolute atomic E-state index is 12.0. The number of nitrogens with one attached hydrogen (secondary N) is 1. The van der Waals surface area contributed by atoms with Crippen LogP contribution in [0.25, 0.3) is 0 Å². The Morgan fingerprint density at radius 1 is 1.00 bits per heavy atom. The van der Waals surface area contributed by atoms with E-state index in [0.717, 1.165) is 22.3 Å². The standard InChI is InChI=1S/C18H16BrNO/c19-15-7-4-8-16(11-15)20-17-9-14(10-18(21)12-17)13-5-2-1-3-6-13/h1-8,11-12,14,20H,9-10H2/t14-/m0/s1.